The fourth-order valence-corrected chi connectivity index (χ4v) is 1.43. The van der Waals surface area contributed by atoms with Gasteiger partial charge in [0.15, 0.2) is 0 Å². The topological polar surface area (TPSA) is 87.1 Å². The van der Waals surface area contributed by atoms with E-state index >= 15 is 0 Å². The number of phenolic OH excluding ortho intramolecular Hbond substituents is 1. The summed E-state index contributed by atoms with van der Waals surface area (Å²) < 4.78 is 4.64. The summed E-state index contributed by atoms with van der Waals surface area (Å²) in [5.41, 5.74) is 0.492. The van der Waals surface area contributed by atoms with E-state index in [2.05, 4.69) is 4.74 Å². The van der Waals surface area contributed by atoms with Crippen LogP contribution >= 0.6 is 0 Å². The molecule has 1 unspecified atom stereocenters. The molecule has 1 amide bonds. The van der Waals surface area contributed by atoms with Gasteiger partial charge in [0.1, 0.15) is 5.75 Å². The number of anilines is 1. The second kappa shape index (κ2) is 3.73. The Kier molecular flexibility index (Phi) is 2.40. The van der Waals surface area contributed by atoms with Crippen molar-refractivity contribution in [3.8, 4) is 5.75 Å². The molecule has 1 fully saturated rings. The molecule has 6 nitrogen and oxygen atoms in total. The summed E-state index contributed by atoms with van der Waals surface area (Å²) in [6, 6.07) is 5.86. The number of benzene rings is 1. The van der Waals surface area contributed by atoms with E-state index in [1.165, 1.54) is 29.2 Å². The van der Waals surface area contributed by atoms with Gasteiger partial charge in [0.05, 0.1) is 6.54 Å². The largest absolute Gasteiger partial charge is 0.508 e. The Balaban J connectivity index is 2.20. The summed E-state index contributed by atoms with van der Waals surface area (Å²) in [7, 11) is 0. The Morgan fingerprint density at radius 3 is 2.50 bits per heavy atom. The Bertz CT molecular complexity index is 427. The van der Waals surface area contributed by atoms with Crippen molar-refractivity contribution in [2.75, 3.05) is 11.4 Å². The smallest absolute Gasteiger partial charge is 0.415 e. The van der Waals surface area contributed by atoms with E-state index in [1.54, 1.807) is 0 Å². The quantitative estimate of drug-likeness (QED) is 0.774. The number of rotatable bonds is 2. The van der Waals surface area contributed by atoms with Crippen LogP contribution in [0.25, 0.3) is 0 Å². The Morgan fingerprint density at radius 1 is 1.38 bits per heavy atom. The molecule has 0 spiro atoms. The van der Waals surface area contributed by atoms with Crippen molar-refractivity contribution in [1.29, 1.82) is 0 Å². The van der Waals surface area contributed by atoms with Crippen molar-refractivity contribution < 1.29 is 24.5 Å². The van der Waals surface area contributed by atoms with E-state index in [-0.39, 0.29) is 12.3 Å². The van der Waals surface area contributed by atoms with Crippen molar-refractivity contribution in [1.82, 2.24) is 0 Å². The van der Waals surface area contributed by atoms with Gasteiger partial charge < -0.3 is 14.9 Å². The molecule has 1 heterocycles. The minimum Gasteiger partial charge on any atom is -0.508 e. The van der Waals surface area contributed by atoms with Crippen molar-refractivity contribution in [2.45, 2.75) is 6.10 Å². The number of aliphatic carboxylic acids is 1. The molecule has 84 valence electrons. The maximum Gasteiger partial charge on any atom is 0.415 e. The Morgan fingerprint density at radius 2 is 2.00 bits per heavy atom. The van der Waals surface area contributed by atoms with Gasteiger partial charge in [-0.15, -0.1) is 0 Å². The number of cyclic esters (lactones) is 1. The number of ether oxygens (including phenoxy) is 1. The molecule has 2 rings (SSSR count). The van der Waals surface area contributed by atoms with Crippen LogP contribution in [0.2, 0.25) is 0 Å². The van der Waals surface area contributed by atoms with Crippen LogP contribution in [-0.2, 0) is 9.53 Å². The molecule has 16 heavy (non-hydrogen) atoms. The highest BCUT2D eigenvalue weighted by atomic mass is 16.6. The summed E-state index contributed by atoms with van der Waals surface area (Å²) >= 11 is 0. The Labute approximate surface area is 90.7 Å². The van der Waals surface area contributed by atoms with Gasteiger partial charge in [0.2, 0.25) is 6.10 Å². The zero-order valence-corrected chi connectivity index (χ0v) is 8.16. The fraction of sp³-hybridized carbons (Fsp3) is 0.200. The van der Waals surface area contributed by atoms with E-state index in [9.17, 15) is 9.59 Å². The fourth-order valence-electron chi connectivity index (χ4n) is 1.43. The van der Waals surface area contributed by atoms with Gasteiger partial charge in [-0.1, -0.05) is 0 Å². The number of aromatic hydroxyl groups is 1. The molecule has 0 aliphatic carbocycles. The average Bonchev–Trinajstić information content (AvgIpc) is 2.62. The third kappa shape index (κ3) is 1.77. The standard InChI is InChI=1S/C10H9NO5/c12-7-3-1-6(2-4-7)11-5-8(9(13)14)16-10(11)15/h1-4,8,12H,5H2,(H,13,14). The lowest BCUT2D eigenvalue weighted by molar-refractivity contribution is -0.144. The highest BCUT2D eigenvalue weighted by Gasteiger charge is 2.36. The molecule has 1 aliphatic heterocycles. The molecule has 0 bridgehead atoms. The first-order valence-electron chi connectivity index (χ1n) is 4.58. The van der Waals surface area contributed by atoms with Crippen LogP contribution in [0, 0.1) is 0 Å². The number of hydrogen-bond acceptors (Lipinski definition) is 4. The van der Waals surface area contributed by atoms with Crippen molar-refractivity contribution >= 4 is 17.7 Å². The lowest BCUT2D eigenvalue weighted by Gasteiger charge is -2.11. The summed E-state index contributed by atoms with van der Waals surface area (Å²) in [5, 5.41) is 17.8. The first kappa shape index (κ1) is 10.3. The molecular formula is C10H9NO5. The summed E-state index contributed by atoms with van der Waals surface area (Å²) in [6.07, 6.45) is -1.83. The number of hydrogen-bond donors (Lipinski definition) is 2. The third-order valence-corrected chi connectivity index (χ3v) is 2.25. The number of amides is 1. The molecule has 1 aliphatic rings. The molecule has 0 radical (unpaired) electrons. The Hall–Kier alpha value is -2.24. The number of phenols is 1. The molecule has 0 saturated carbocycles. The van der Waals surface area contributed by atoms with Crippen LogP contribution in [0.4, 0.5) is 10.5 Å². The number of nitrogens with zero attached hydrogens (tertiary/aromatic N) is 1. The maximum atomic E-state index is 11.4. The molecule has 1 saturated heterocycles. The van der Waals surface area contributed by atoms with Crippen LogP contribution in [0.1, 0.15) is 0 Å². The molecule has 6 heteroatoms. The first-order chi connectivity index (χ1) is 7.58. The SMILES string of the molecule is O=C(O)C1CN(c2ccc(O)cc2)C(=O)O1. The minimum absolute atomic E-state index is 0.0288. The van der Waals surface area contributed by atoms with Gasteiger partial charge in [0, 0.05) is 5.69 Å². The number of carbonyl (C=O) groups is 2. The summed E-state index contributed by atoms with van der Waals surface area (Å²) in [5.74, 6) is -1.10. The average molecular weight is 223 g/mol. The van der Waals surface area contributed by atoms with Crippen LogP contribution in [0.15, 0.2) is 24.3 Å². The highest BCUT2D eigenvalue weighted by molar-refractivity contribution is 5.93. The van der Waals surface area contributed by atoms with E-state index in [0.717, 1.165) is 0 Å². The predicted molar refractivity (Wildman–Crippen MR) is 53.4 cm³/mol. The third-order valence-electron chi connectivity index (χ3n) is 2.25. The van der Waals surface area contributed by atoms with Crippen molar-refractivity contribution in [2.24, 2.45) is 0 Å². The van der Waals surface area contributed by atoms with E-state index in [1.807, 2.05) is 0 Å². The minimum atomic E-state index is -1.17. The van der Waals surface area contributed by atoms with Crippen molar-refractivity contribution in [3.05, 3.63) is 24.3 Å². The van der Waals surface area contributed by atoms with E-state index in [4.69, 9.17) is 10.2 Å². The lowest BCUT2D eigenvalue weighted by Crippen LogP contribution is -2.27. The van der Waals surface area contributed by atoms with Crippen LogP contribution < -0.4 is 4.90 Å². The van der Waals surface area contributed by atoms with Gasteiger partial charge in [-0.3, -0.25) is 4.90 Å². The van der Waals surface area contributed by atoms with E-state index in [0.29, 0.717) is 5.69 Å². The second-order valence-electron chi connectivity index (χ2n) is 3.34. The number of carboxylic acids is 1. The number of carbonyl (C=O) groups excluding carboxylic acids is 1. The zero-order valence-electron chi connectivity index (χ0n) is 8.16. The summed E-state index contributed by atoms with van der Waals surface area (Å²) in [6.45, 7) is -0.0288. The normalized spacial score (nSPS) is 19.6. The monoisotopic (exact) mass is 223 g/mol. The van der Waals surface area contributed by atoms with Gasteiger partial charge in [-0.25, -0.2) is 9.59 Å². The molecular weight excluding hydrogens is 214 g/mol. The highest BCUT2D eigenvalue weighted by Crippen LogP contribution is 2.23. The molecule has 2 N–H and O–H groups in total. The summed E-state index contributed by atoms with van der Waals surface area (Å²) in [4.78, 5) is 23.2. The zero-order chi connectivity index (χ0) is 11.7. The van der Waals surface area contributed by atoms with Gasteiger partial charge in [0.25, 0.3) is 0 Å². The molecule has 1 aromatic carbocycles. The molecule has 1 aromatic rings. The van der Waals surface area contributed by atoms with Crippen LogP contribution in [0.3, 0.4) is 0 Å². The second-order valence-corrected chi connectivity index (χ2v) is 3.34. The molecule has 0 aromatic heterocycles. The first-order valence-corrected chi connectivity index (χ1v) is 4.58. The van der Waals surface area contributed by atoms with Gasteiger partial charge in [-0.05, 0) is 24.3 Å². The molecule has 1 atom stereocenters. The van der Waals surface area contributed by atoms with Crippen molar-refractivity contribution in [3.63, 3.8) is 0 Å². The maximum absolute atomic E-state index is 11.4. The van der Waals surface area contributed by atoms with Crippen LogP contribution in [0.5, 0.6) is 5.75 Å². The van der Waals surface area contributed by atoms with E-state index < -0.39 is 18.2 Å². The van der Waals surface area contributed by atoms with Gasteiger partial charge >= 0.3 is 12.1 Å². The van der Waals surface area contributed by atoms with Gasteiger partial charge in [-0.2, -0.15) is 0 Å². The predicted octanol–water partition coefficient (Wildman–Crippen LogP) is 0.802. The lowest BCUT2D eigenvalue weighted by atomic mass is 10.2. The van der Waals surface area contributed by atoms with Crippen LogP contribution in [-0.4, -0.2) is 34.9 Å². The number of carboxylic acid groups (broad SMARTS) is 1.